The molecular formula is C12H27N3O2. The van der Waals surface area contributed by atoms with Gasteiger partial charge in [0.25, 0.3) is 0 Å². The number of aliphatic hydroxyl groups is 1. The molecule has 5 N–H and O–H groups in total. The number of aliphatic hydroxyl groups excluding tert-OH is 1. The molecule has 0 aromatic rings. The minimum absolute atomic E-state index is 0.0144. The molecule has 0 radical (unpaired) electrons. The zero-order valence-electron chi connectivity index (χ0n) is 11.0. The molecule has 0 fully saturated rings. The van der Waals surface area contributed by atoms with Crippen LogP contribution in [0.25, 0.3) is 0 Å². The van der Waals surface area contributed by atoms with Gasteiger partial charge in [-0.3, -0.25) is 4.79 Å². The summed E-state index contributed by atoms with van der Waals surface area (Å²) in [6.45, 7) is 5.44. The Balaban J connectivity index is 3.85. The van der Waals surface area contributed by atoms with Gasteiger partial charge in [0, 0.05) is 38.2 Å². The van der Waals surface area contributed by atoms with Crippen molar-refractivity contribution < 1.29 is 9.90 Å². The molecule has 0 aromatic carbocycles. The van der Waals surface area contributed by atoms with Gasteiger partial charge in [-0.2, -0.15) is 0 Å². The van der Waals surface area contributed by atoms with Gasteiger partial charge in [0.2, 0.25) is 5.91 Å². The molecule has 5 heteroatoms. The summed E-state index contributed by atoms with van der Waals surface area (Å²) < 4.78 is 0. The number of carbonyl (C=O) groups excluding carboxylic acids is 1. The molecule has 1 amide bonds. The van der Waals surface area contributed by atoms with Crippen molar-refractivity contribution in [3.8, 4) is 0 Å². The maximum atomic E-state index is 11.5. The first-order valence-electron chi connectivity index (χ1n) is 6.47. The maximum Gasteiger partial charge on any atom is 0.221 e. The first kappa shape index (κ1) is 16.4. The van der Waals surface area contributed by atoms with Crippen molar-refractivity contribution in [2.24, 2.45) is 5.73 Å². The Morgan fingerprint density at radius 3 is 2.71 bits per heavy atom. The predicted molar refractivity (Wildman–Crippen MR) is 69.7 cm³/mol. The Morgan fingerprint density at radius 2 is 2.18 bits per heavy atom. The second-order valence-corrected chi connectivity index (χ2v) is 4.42. The summed E-state index contributed by atoms with van der Waals surface area (Å²) in [7, 11) is 0. The number of hydrogen-bond acceptors (Lipinski definition) is 4. The fourth-order valence-corrected chi connectivity index (χ4v) is 1.65. The third-order valence-corrected chi connectivity index (χ3v) is 2.60. The normalized spacial score (nSPS) is 14.4. The summed E-state index contributed by atoms with van der Waals surface area (Å²) in [4.78, 5) is 11.5. The summed E-state index contributed by atoms with van der Waals surface area (Å²) in [5, 5.41) is 14.9. The highest BCUT2D eigenvalue weighted by atomic mass is 16.2. The van der Waals surface area contributed by atoms with Crippen molar-refractivity contribution in [2.75, 3.05) is 19.7 Å². The number of amides is 1. The third kappa shape index (κ3) is 9.09. The van der Waals surface area contributed by atoms with E-state index in [1.807, 2.05) is 13.8 Å². The van der Waals surface area contributed by atoms with Crippen LogP contribution in [0.1, 0.15) is 39.5 Å². The third-order valence-electron chi connectivity index (χ3n) is 2.60. The number of rotatable bonds is 10. The minimum Gasteiger partial charge on any atom is -0.396 e. The molecule has 0 saturated heterocycles. The van der Waals surface area contributed by atoms with Crippen molar-refractivity contribution in [2.45, 2.75) is 51.6 Å². The van der Waals surface area contributed by atoms with Gasteiger partial charge in [-0.25, -0.2) is 0 Å². The Morgan fingerprint density at radius 1 is 1.47 bits per heavy atom. The standard InChI is InChI=1S/C12H27N3O2/c1-3-6-14-12(17)8-11(9-13)15-10(2)5-4-7-16/h10-11,15-16H,3-9,13H2,1-2H3,(H,14,17). The van der Waals surface area contributed by atoms with Gasteiger partial charge in [-0.15, -0.1) is 0 Å². The Kier molecular flexibility index (Phi) is 10.1. The van der Waals surface area contributed by atoms with E-state index in [-0.39, 0.29) is 24.6 Å². The Labute approximate surface area is 104 Å². The highest BCUT2D eigenvalue weighted by Gasteiger charge is 2.14. The number of nitrogens with one attached hydrogen (secondary N) is 2. The highest BCUT2D eigenvalue weighted by molar-refractivity contribution is 5.76. The quantitative estimate of drug-likeness (QED) is 0.436. The van der Waals surface area contributed by atoms with Gasteiger partial charge < -0.3 is 21.5 Å². The molecule has 0 aliphatic heterocycles. The average molecular weight is 245 g/mol. The summed E-state index contributed by atoms with van der Waals surface area (Å²) in [5.74, 6) is 0.0455. The Bertz CT molecular complexity index is 200. The molecular weight excluding hydrogens is 218 g/mol. The molecule has 2 unspecified atom stereocenters. The second kappa shape index (κ2) is 10.5. The van der Waals surface area contributed by atoms with Gasteiger partial charge >= 0.3 is 0 Å². The van der Waals surface area contributed by atoms with Crippen LogP contribution in [0.3, 0.4) is 0 Å². The lowest BCUT2D eigenvalue weighted by atomic mass is 10.1. The largest absolute Gasteiger partial charge is 0.396 e. The molecule has 0 bridgehead atoms. The topological polar surface area (TPSA) is 87.4 Å². The highest BCUT2D eigenvalue weighted by Crippen LogP contribution is 1.99. The van der Waals surface area contributed by atoms with Crippen molar-refractivity contribution in [3.63, 3.8) is 0 Å². The lowest BCUT2D eigenvalue weighted by Gasteiger charge is -2.21. The van der Waals surface area contributed by atoms with Crippen molar-refractivity contribution in [1.29, 1.82) is 0 Å². The van der Waals surface area contributed by atoms with E-state index in [0.29, 0.717) is 13.0 Å². The van der Waals surface area contributed by atoms with E-state index >= 15 is 0 Å². The summed E-state index contributed by atoms with van der Waals surface area (Å²) in [6, 6.07) is 0.287. The van der Waals surface area contributed by atoms with Crippen LogP contribution >= 0.6 is 0 Å². The van der Waals surface area contributed by atoms with Gasteiger partial charge in [0.1, 0.15) is 0 Å². The molecule has 0 aliphatic carbocycles. The van der Waals surface area contributed by atoms with E-state index in [2.05, 4.69) is 10.6 Å². The van der Waals surface area contributed by atoms with E-state index < -0.39 is 0 Å². The summed E-state index contributed by atoms with van der Waals surface area (Å²) in [5.41, 5.74) is 5.63. The second-order valence-electron chi connectivity index (χ2n) is 4.42. The van der Waals surface area contributed by atoms with Crippen LogP contribution < -0.4 is 16.4 Å². The van der Waals surface area contributed by atoms with Crippen LogP contribution in [0.15, 0.2) is 0 Å². The van der Waals surface area contributed by atoms with E-state index in [1.165, 1.54) is 0 Å². The fraction of sp³-hybridized carbons (Fsp3) is 0.917. The van der Waals surface area contributed by atoms with Crippen LogP contribution in [-0.4, -0.2) is 42.8 Å². The lowest BCUT2D eigenvalue weighted by molar-refractivity contribution is -0.121. The number of nitrogens with two attached hydrogens (primary N) is 1. The maximum absolute atomic E-state index is 11.5. The molecule has 0 heterocycles. The molecule has 102 valence electrons. The fourth-order valence-electron chi connectivity index (χ4n) is 1.65. The van der Waals surface area contributed by atoms with Crippen LogP contribution in [0.5, 0.6) is 0 Å². The van der Waals surface area contributed by atoms with Crippen LogP contribution in [0.4, 0.5) is 0 Å². The minimum atomic E-state index is 0.0144. The monoisotopic (exact) mass is 245 g/mol. The SMILES string of the molecule is CCCNC(=O)CC(CN)NC(C)CCCO. The average Bonchev–Trinajstić information content (AvgIpc) is 2.32. The van der Waals surface area contributed by atoms with Gasteiger partial charge in [0.05, 0.1) is 0 Å². The molecule has 0 aliphatic rings. The van der Waals surface area contributed by atoms with E-state index in [4.69, 9.17) is 10.8 Å². The predicted octanol–water partition coefficient (Wildman–Crippen LogP) is -0.0194. The zero-order chi connectivity index (χ0) is 13.1. The van der Waals surface area contributed by atoms with Crippen molar-refractivity contribution >= 4 is 5.91 Å². The number of hydrogen-bond donors (Lipinski definition) is 4. The van der Waals surface area contributed by atoms with Crippen molar-refractivity contribution in [1.82, 2.24) is 10.6 Å². The van der Waals surface area contributed by atoms with Crippen molar-refractivity contribution in [3.05, 3.63) is 0 Å². The van der Waals surface area contributed by atoms with Gasteiger partial charge in [-0.05, 0) is 26.2 Å². The molecule has 0 rings (SSSR count). The molecule has 2 atom stereocenters. The molecule has 0 aromatic heterocycles. The first-order chi connectivity index (χ1) is 8.13. The molecule has 17 heavy (non-hydrogen) atoms. The van der Waals surface area contributed by atoms with Crippen LogP contribution in [0, 0.1) is 0 Å². The van der Waals surface area contributed by atoms with E-state index in [0.717, 1.165) is 25.8 Å². The lowest BCUT2D eigenvalue weighted by Crippen LogP contribution is -2.44. The summed E-state index contributed by atoms with van der Waals surface area (Å²) in [6.07, 6.45) is 3.02. The van der Waals surface area contributed by atoms with E-state index in [9.17, 15) is 4.79 Å². The molecule has 5 nitrogen and oxygen atoms in total. The van der Waals surface area contributed by atoms with Gasteiger partial charge in [0.15, 0.2) is 0 Å². The number of carbonyl (C=O) groups is 1. The van der Waals surface area contributed by atoms with Crippen LogP contribution in [-0.2, 0) is 4.79 Å². The zero-order valence-corrected chi connectivity index (χ0v) is 11.0. The Hall–Kier alpha value is -0.650. The van der Waals surface area contributed by atoms with E-state index in [1.54, 1.807) is 0 Å². The smallest absolute Gasteiger partial charge is 0.221 e. The molecule has 0 spiro atoms. The van der Waals surface area contributed by atoms with Gasteiger partial charge in [-0.1, -0.05) is 6.92 Å². The molecule has 0 saturated carbocycles. The van der Waals surface area contributed by atoms with Crippen LogP contribution in [0.2, 0.25) is 0 Å². The first-order valence-corrected chi connectivity index (χ1v) is 6.47. The summed E-state index contributed by atoms with van der Waals surface area (Å²) >= 11 is 0.